The van der Waals surface area contributed by atoms with E-state index in [9.17, 15) is 8.42 Å². The van der Waals surface area contributed by atoms with E-state index in [1.54, 1.807) is 13.3 Å². The van der Waals surface area contributed by atoms with Crippen molar-refractivity contribution in [1.29, 1.82) is 0 Å². The van der Waals surface area contributed by atoms with Crippen LogP contribution in [-0.2, 0) is 16.4 Å². The quantitative estimate of drug-likeness (QED) is 0.341. The fourth-order valence-electron chi connectivity index (χ4n) is 2.28. The number of aromatic nitrogens is 1. The number of benzene rings is 1. The van der Waals surface area contributed by atoms with Gasteiger partial charge in [0.2, 0.25) is 5.89 Å². The number of rotatable bonds is 7. The Bertz CT molecular complexity index is 848. The van der Waals surface area contributed by atoms with Crippen LogP contribution in [0, 0.1) is 6.92 Å². The van der Waals surface area contributed by atoms with Crippen LogP contribution >= 0.6 is 24.0 Å². The molecule has 7 nitrogen and oxygen atoms in total. The lowest BCUT2D eigenvalue weighted by atomic mass is 10.1. The molecular formula is C18H27IN4O3S. The number of hydrogen-bond donors (Lipinski definition) is 2. The average molecular weight is 506 g/mol. The SMILES string of the molecule is CN=C(NCc1coc(-c2ccc(C)cc2)n1)NC(C)CCS(C)(=O)=O.I. The highest BCUT2D eigenvalue weighted by atomic mass is 127. The van der Waals surface area contributed by atoms with E-state index >= 15 is 0 Å². The highest BCUT2D eigenvalue weighted by Gasteiger charge is 2.11. The summed E-state index contributed by atoms with van der Waals surface area (Å²) in [7, 11) is -1.30. The van der Waals surface area contributed by atoms with Crippen LogP contribution in [0.25, 0.3) is 11.5 Å². The molecule has 0 radical (unpaired) electrons. The van der Waals surface area contributed by atoms with Gasteiger partial charge in [0.1, 0.15) is 16.1 Å². The smallest absolute Gasteiger partial charge is 0.226 e. The summed E-state index contributed by atoms with van der Waals surface area (Å²) in [6, 6.07) is 7.96. The molecule has 2 N–H and O–H groups in total. The number of aliphatic imine (C=N–C) groups is 1. The van der Waals surface area contributed by atoms with Crippen LogP contribution < -0.4 is 10.6 Å². The minimum absolute atomic E-state index is 0. The Morgan fingerprint density at radius 1 is 1.30 bits per heavy atom. The van der Waals surface area contributed by atoms with E-state index in [4.69, 9.17) is 4.42 Å². The van der Waals surface area contributed by atoms with Gasteiger partial charge < -0.3 is 15.1 Å². The molecule has 9 heteroatoms. The molecular weight excluding hydrogens is 479 g/mol. The highest BCUT2D eigenvalue weighted by molar-refractivity contribution is 14.0. The van der Waals surface area contributed by atoms with Crippen molar-refractivity contribution in [3.05, 3.63) is 41.8 Å². The number of nitrogens with one attached hydrogen (secondary N) is 2. The van der Waals surface area contributed by atoms with E-state index < -0.39 is 9.84 Å². The molecule has 0 aliphatic carbocycles. The molecule has 0 aliphatic rings. The fraction of sp³-hybridized carbons (Fsp3) is 0.444. The molecule has 2 aromatic rings. The van der Waals surface area contributed by atoms with Crippen LogP contribution in [0.1, 0.15) is 24.6 Å². The second-order valence-electron chi connectivity index (χ2n) is 6.40. The molecule has 0 amide bonds. The molecule has 1 unspecified atom stereocenters. The predicted octanol–water partition coefficient (Wildman–Crippen LogP) is 2.76. The van der Waals surface area contributed by atoms with Crippen LogP contribution in [0.3, 0.4) is 0 Å². The molecule has 0 saturated carbocycles. The molecule has 1 atom stereocenters. The summed E-state index contributed by atoms with van der Waals surface area (Å²) in [5, 5.41) is 6.32. The van der Waals surface area contributed by atoms with Crippen molar-refractivity contribution in [3.63, 3.8) is 0 Å². The molecule has 150 valence electrons. The molecule has 1 aromatic heterocycles. The third-order valence-electron chi connectivity index (χ3n) is 3.82. The number of oxazole rings is 1. The zero-order valence-electron chi connectivity index (χ0n) is 16.0. The summed E-state index contributed by atoms with van der Waals surface area (Å²) in [6.07, 6.45) is 3.37. The Morgan fingerprint density at radius 2 is 1.96 bits per heavy atom. The molecule has 0 aliphatic heterocycles. The van der Waals surface area contributed by atoms with Gasteiger partial charge in [-0.25, -0.2) is 13.4 Å². The van der Waals surface area contributed by atoms with E-state index in [-0.39, 0.29) is 35.8 Å². The van der Waals surface area contributed by atoms with Crippen LogP contribution in [0.4, 0.5) is 0 Å². The Hall–Kier alpha value is -1.62. The van der Waals surface area contributed by atoms with Gasteiger partial charge in [-0.15, -0.1) is 24.0 Å². The predicted molar refractivity (Wildman–Crippen MR) is 119 cm³/mol. The molecule has 1 heterocycles. The van der Waals surface area contributed by atoms with E-state index in [2.05, 4.69) is 20.6 Å². The second kappa shape index (κ2) is 10.6. The van der Waals surface area contributed by atoms with Crippen LogP contribution in [0.5, 0.6) is 0 Å². The normalized spacial score (nSPS) is 13.0. The van der Waals surface area contributed by atoms with Crippen LogP contribution in [-0.4, -0.2) is 44.5 Å². The highest BCUT2D eigenvalue weighted by Crippen LogP contribution is 2.18. The number of sulfone groups is 1. The standard InChI is InChI=1S/C18H26N4O3S.HI/c1-13-5-7-15(8-6-13)17-22-16(12-25-17)11-20-18(19-3)21-14(2)9-10-26(4,23)24;/h5-8,12,14H,9-11H2,1-4H3,(H2,19,20,21);1H. The van der Waals surface area contributed by atoms with E-state index in [0.717, 1.165) is 11.3 Å². The Balaban J connectivity index is 0.00000364. The number of aryl methyl sites for hydroxylation is 1. The van der Waals surface area contributed by atoms with Gasteiger partial charge >= 0.3 is 0 Å². The molecule has 2 rings (SSSR count). The third kappa shape index (κ3) is 8.29. The van der Waals surface area contributed by atoms with Gasteiger partial charge in [-0.2, -0.15) is 0 Å². The van der Waals surface area contributed by atoms with E-state index in [1.807, 2.05) is 38.1 Å². The van der Waals surface area contributed by atoms with Crippen molar-refractivity contribution in [2.75, 3.05) is 19.1 Å². The lowest BCUT2D eigenvalue weighted by Crippen LogP contribution is -2.42. The second-order valence-corrected chi connectivity index (χ2v) is 8.66. The van der Waals surface area contributed by atoms with Crippen molar-refractivity contribution in [3.8, 4) is 11.5 Å². The van der Waals surface area contributed by atoms with Crippen molar-refractivity contribution in [1.82, 2.24) is 15.6 Å². The van der Waals surface area contributed by atoms with Gasteiger partial charge in [0.05, 0.1) is 18.0 Å². The van der Waals surface area contributed by atoms with Gasteiger partial charge in [-0.3, -0.25) is 4.99 Å². The summed E-state index contributed by atoms with van der Waals surface area (Å²) in [4.78, 5) is 8.62. The summed E-state index contributed by atoms with van der Waals surface area (Å²) in [6.45, 7) is 4.40. The number of guanidine groups is 1. The van der Waals surface area contributed by atoms with Crippen LogP contribution in [0.15, 0.2) is 39.9 Å². The lowest BCUT2D eigenvalue weighted by Gasteiger charge is -2.17. The van der Waals surface area contributed by atoms with Crippen molar-refractivity contribution in [2.24, 2.45) is 4.99 Å². The third-order valence-corrected chi connectivity index (χ3v) is 4.79. The Morgan fingerprint density at radius 3 is 2.56 bits per heavy atom. The van der Waals surface area contributed by atoms with Crippen molar-refractivity contribution >= 4 is 39.8 Å². The van der Waals surface area contributed by atoms with Crippen molar-refractivity contribution < 1.29 is 12.8 Å². The molecule has 0 fully saturated rings. The maximum absolute atomic E-state index is 11.2. The molecule has 0 spiro atoms. The summed E-state index contributed by atoms with van der Waals surface area (Å²) in [5.41, 5.74) is 2.87. The molecule has 0 bridgehead atoms. The van der Waals surface area contributed by atoms with Gasteiger partial charge in [0, 0.05) is 24.9 Å². The maximum Gasteiger partial charge on any atom is 0.226 e. The first kappa shape index (κ1) is 23.4. The van der Waals surface area contributed by atoms with Gasteiger partial charge in [0.15, 0.2) is 5.96 Å². The summed E-state index contributed by atoms with van der Waals surface area (Å²) < 4.78 is 28.0. The Labute approximate surface area is 178 Å². The van der Waals surface area contributed by atoms with E-state index in [0.29, 0.717) is 24.8 Å². The zero-order valence-corrected chi connectivity index (χ0v) is 19.2. The minimum Gasteiger partial charge on any atom is -0.444 e. The van der Waals surface area contributed by atoms with Gasteiger partial charge in [-0.1, -0.05) is 17.7 Å². The summed E-state index contributed by atoms with van der Waals surface area (Å²) in [5.74, 6) is 1.30. The first-order valence-corrected chi connectivity index (χ1v) is 10.5. The average Bonchev–Trinajstić information content (AvgIpc) is 3.05. The lowest BCUT2D eigenvalue weighted by molar-refractivity contribution is 0.571. The largest absolute Gasteiger partial charge is 0.444 e. The number of halogens is 1. The maximum atomic E-state index is 11.2. The number of hydrogen-bond acceptors (Lipinski definition) is 5. The van der Waals surface area contributed by atoms with Crippen molar-refractivity contribution in [2.45, 2.75) is 32.9 Å². The summed E-state index contributed by atoms with van der Waals surface area (Å²) >= 11 is 0. The molecule has 0 saturated heterocycles. The topological polar surface area (TPSA) is 96.6 Å². The fourth-order valence-corrected chi connectivity index (χ4v) is 3.06. The molecule has 27 heavy (non-hydrogen) atoms. The van der Waals surface area contributed by atoms with Gasteiger partial charge in [-0.05, 0) is 32.4 Å². The van der Waals surface area contributed by atoms with Crippen LogP contribution in [0.2, 0.25) is 0 Å². The monoisotopic (exact) mass is 506 g/mol. The minimum atomic E-state index is -2.97. The first-order chi connectivity index (χ1) is 12.3. The zero-order chi connectivity index (χ0) is 19.2. The molecule has 1 aromatic carbocycles. The van der Waals surface area contributed by atoms with Gasteiger partial charge in [0.25, 0.3) is 0 Å². The first-order valence-electron chi connectivity index (χ1n) is 8.43. The van der Waals surface area contributed by atoms with E-state index in [1.165, 1.54) is 11.8 Å². The number of nitrogens with zero attached hydrogens (tertiary/aromatic N) is 2. The Kier molecular flexibility index (Phi) is 9.23.